The molecule has 0 spiro atoms. The molecule has 1 aromatic rings. The van der Waals surface area contributed by atoms with Gasteiger partial charge in [0.15, 0.2) is 0 Å². The van der Waals surface area contributed by atoms with Gasteiger partial charge in [0.05, 0.1) is 6.10 Å². The molecule has 0 saturated heterocycles. The van der Waals surface area contributed by atoms with Gasteiger partial charge in [0.2, 0.25) is 10.0 Å². The van der Waals surface area contributed by atoms with E-state index in [4.69, 9.17) is 11.6 Å². The molecule has 2 unspecified atom stereocenters. The molecule has 1 aliphatic rings. The Labute approximate surface area is 116 Å². The van der Waals surface area contributed by atoms with Crippen molar-refractivity contribution >= 4 is 21.6 Å². The van der Waals surface area contributed by atoms with Gasteiger partial charge in [-0.05, 0) is 31.0 Å². The normalized spacial score (nSPS) is 24.4. The van der Waals surface area contributed by atoms with E-state index in [0.717, 1.165) is 25.0 Å². The van der Waals surface area contributed by atoms with E-state index >= 15 is 0 Å². The molecular weight excluding hydrogens is 293 g/mol. The lowest BCUT2D eigenvalue weighted by molar-refractivity contribution is 0.101. The minimum absolute atomic E-state index is 0.133. The molecule has 1 aromatic carbocycles. The zero-order chi connectivity index (χ0) is 14.0. The first kappa shape index (κ1) is 14.7. The molecule has 7 heteroatoms. The molecule has 4 nitrogen and oxygen atoms in total. The minimum atomic E-state index is -3.98. The number of nitrogens with one attached hydrogen (secondary N) is 1. The van der Waals surface area contributed by atoms with Gasteiger partial charge in [-0.2, -0.15) is 0 Å². The largest absolute Gasteiger partial charge is 0.391 e. The lowest BCUT2D eigenvalue weighted by Gasteiger charge is -2.28. The van der Waals surface area contributed by atoms with Crippen LogP contribution in [-0.4, -0.2) is 25.7 Å². The summed E-state index contributed by atoms with van der Waals surface area (Å²) < 4.78 is 40.1. The summed E-state index contributed by atoms with van der Waals surface area (Å²) in [4.78, 5) is -0.449. The highest BCUT2D eigenvalue weighted by Crippen LogP contribution is 2.23. The van der Waals surface area contributed by atoms with Crippen LogP contribution in [0.4, 0.5) is 4.39 Å². The van der Waals surface area contributed by atoms with Gasteiger partial charge in [0.25, 0.3) is 0 Å². The molecule has 2 rings (SSSR count). The van der Waals surface area contributed by atoms with E-state index in [1.807, 2.05) is 0 Å². The van der Waals surface area contributed by atoms with E-state index < -0.39 is 32.9 Å². The Morgan fingerprint density at radius 3 is 2.63 bits per heavy atom. The maximum Gasteiger partial charge on any atom is 0.243 e. The Balaban J connectivity index is 2.22. The lowest BCUT2D eigenvalue weighted by Crippen LogP contribution is -2.45. The molecule has 1 fully saturated rings. The van der Waals surface area contributed by atoms with Gasteiger partial charge < -0.3 is 5.11 Å². The predicted molar refractivity (Wildman–Crippen MR) is 70.0 cm³/mol. The number of aliphatic hydroxyl groups is 1. The van der Waals surface area contributed by atoms with Crippen LogP contribution >= 0.6 is 11.6 Å². The van der Waals surface area contributed by atoms with Crippen LogP contribution in [0, 0.1) is 5.82 Å². The molecule has 2 atom stereocenters. The Hall–Kier alpha value is -0.690. The fraction of sp³-hybridized carbons (Fsp3) is 0.500. The minimum Gasteiger partial charge on any atom is -0.391 e. The smallest absolute Gasteiger partial charge is 0.243 e. The number of rotatable bonds is 3. The monoisotopic (exact) mass is 307 g/mol. The average molecular weight is 308 g/mol. The molecular formula is C12H15ClFNO3S. The van der Waals surface area contributed by atoms with E-state index in [2.05, 4.69) is 4.72 Å². The first-order valence-corrected chi connectivity index (χ1v) is 7.92. The Morgan fingerprint density at radius 1 is 1.32 bits per heavy atom. The van der Waals surface area contributed by atoms with Crippen molar-refractivity contribution in [2.45, 2.75) is 42.7 Å². The molecule has 1 aliphatic carbocycles. The summed E-state index contributed by atoms with van der Waals surface area (Å²) >= 11 is 5.59. The Bertz CT molecular complexity index is 564. The van der Waals surface area contributed by atoms with Gasteiger partial charge >= 0.3 is 0 Å². The number of benzene rings is 1. The molecule has 1 saturated carbocycles. The number of sulfonamides is 1. The fourth-order valence-electron chi connectivity index (χ4n) is 2.20. The van der Waals surface area contributed by atoms with Crippen molar-refractivity contribution in [1.82, 2.24) is 4.72 Å². The maximum absolute atomic E-state index is 13.6. The van der Waals surface area contributed by atoms with Gasteiger partial charge in [-0.3, -0.25) is 0 Å². The quantitative estimate of drug-likeness (QED) is 0.898. The highest BCUT2D eigenvalue weighted by Gasteiger charge is 2.29. The third kappa shape index (κ3) is 3.45. The molecule has 0 heterocycles. The Kier molecular flexibility index (Phi) is 4.45. The molecule has 0 aliphatic heterocycles. The molecule has 19 heavy (non-hydrogen) atoms. The van der Waals surface area contributed by atoms with E-state index in [1.165, 1.54) is 6.07 Å². The van der Waals surface area contributed by atoms with Crippen molar-refractivity contribution in [1.29, 1.82) is 0 Å². The molecule has 0 amide bonds. The summed E-state index contributed by atoms with van der Waals surface area (Å²) in [6.07, 6.45) is 2.09. The van der Waals surface area contributed by atoms with Crippen molar-refractivity contribution < 1.29 is 17.9 Å². The summed E-state index contributed by atoms with van der Waals surface area (Å²) in [5.41, 5.74) is 0. The van der Waals surface area contributed by atoms with E-state index in [9.17, 15) is 17.9 Å². The van der Waals surface area contributed by atoms with Crippen LogP contribution < -0.4 is 4.72 Å². The van der Waals surface area contributed by atoms with Crippen molar-refractivity contribution in [3.8, 4) is 0 Å². The lowest BCUT2D eigenvalue weighted by atomic mass is 9.93. The van der Waals surface area contributed by atoms with Crippen molar-refractivity contribution in [2.24, 2.45) is 0 Å². The second-order valence-corrected chi connectivity index (χ2v) is 6.77. The van der Waals surface area contributed by atoms with Crippen LogP contribution in [0.5, 0.6) is 0 Å². The van der Waals surface area contributed by atoms with Crippen LogP contribution in [0.2, 0.25) is 5.02 Å². The fourth-order valence-corrected chi connectivity index (χ4v) is 3.73. The number of hydrogen-bond donors (Lipinski definition) is 2. The van der Waals surface area contributed by atoms with Crippen LogP contribution in [0.3, 0.4) is 0 Å². The topological polar surface area (TPSA) is 66.4 Å². The zero-order valence-electron chi connectivity index (χ0n) is 10.1. The summed E-state index contributed by atoms with van der Waals surface area (Å²) in [6, 6.07) is 2.83. The van der Waals surface area contributed by atoms with E-state index in [0.29, 0.717) is 12.8 Å². The molecule has 0 radical (unpaired) electrons. The van der Waals surface area contributed by atoms with Crippen molar-refractivity contribution in [3.05, 3.63) is 29.0 Å². The summed E-state index contributed by atoms with van der Waals surface area (Å²) in [6.45, 7) is 0. The van der Waals surface area contributed by atoms with Crippen LogP contribution in [0.25, 0.3) is 0 Å². The van der Waals surface area contributed by atoms with Crippen LogP contribution in [0.15, 0.2) is 23.1 Å². The van der Waals surface area contributed by atoms with Crippen molar-refractivity contribution in [2.75, 3.05) is 0 Å². The van der Waals surface area contributed by atoms with Crippen LogP contribution in [0.1, 0.15) is 25.7 Å². The third-order valence-corrected chi connectivity index (χ3v) is 4.98. The number of hydrogen-bond acceptors (Lipinski definition) is 3. The van der Waals surface area contributed by atoms with Gasteiger partial charge in [0.1, 0.15) is 10.7 Å². The standard InChI is InChI=1S/C12H15ClFNO3S/c13-8-5-6-12(9(14)7-8)19(17,18)15-10-3-1-2-4-11(10)16/h5-7,10-11,15-16H,1-4H2. The highest BCUT2D eigenvalue weighted by molar-refractivity contribution is 7.89. The second kappa shape index (κ2) is 5.75. The number of aliphatic hydroxyl groups excluding tert-OH is 1. The van der Waals surface area contributed by atoms with E-state index in [-0.39, 0.29) is 5.02 Å². The van der Waals surface area contributed by atoms with Crippen LogP contribution in [-0.2, 0) is 10.0 Å². The zero-order valence-corrected chi connectivity index (χ0v) is 11.7. The molecule has 0 aromatic heterocycles. The van der Waals surface area contributed by atoms with Gasteiger partial charge in [-0.25, -0.2) is 17.5 Å². The summed E-state index contributed by atoms with van der Waals surface area (Å²) in [5, 5.41) is 9.88. The predicted octanol–water partition coefficient (Wildman–Crippen LogP) is 2.06. The van der Waals surface area contributed by atoms with E-state index in [1.54, 1.807) is 0 Å². The Morgan fingerprint density at radius 2 is 2.00 bits per heavy atom. The third-order valence-electron chi connectivity index (χ3n) is 3.22. The SMILES string of the molecule is O=S(=O)(NC1CCCCC1O)c1ccc(Cl)cc1F. The average Bonchev–Trinajstić information content (AvgIpc) is 2.31. The number of halogens is 2. The first-order valence-electron chi connectivity index (χ1n) is 6.05. The van der Waals surface area contributed by atoms with Crippen molar-refractivity contribution in [3.63, 3.8) is 0 Å². The second-order valence-electron chi connectivity index (χ2n) is 4.65. The van der Waals surface area contributed by atoms with Gasteiger partial charge in [-0.1, -0.05) is 24.4 Å². The molecule has 2 N–H and O–H groups in total. The molecule has 106 valence electrons. The summed E-state index contributed by atoms with van der Waals surface area (Å²) in [5.74, 6) is -0.898. The highest BCUT2D eigenvalue weighted by atomic mass is 35.5. The maximum atomic E-state index is 13.6. The van der Waals surface area contributed by atoms with Gasteiger partial charge in [0, 0.05) is 11.1 Å². The first-order chi connectivity index (χ1) is 8.90. The van der Waals surface area contributed by atoms with Gasteiger partial charge in [-0.15, -0.1) is 0 Å². The molecule has 0 bridgehead atoms. The summed E-state index contributed by atoms with van der Waals surface area (Å²) in [7, 11) is -3.98.